The van der Waals surface area contributed by atoms with Crippen LogP contribution in [0.1, 0.15) is 31.5 Å². The minimum Gasteiger partial charge on any atom is -0.294 e. The number of aromatic amines is 1. The summed E-state index contributed by atoms with van der Waals surface area (Å²) in [5.41, 5.74) is 3.22. The normalized spacial score (nSPS) is 11.8. The summed E-state index contributed by atoms with van der Waals surface area (Å²) in [6.45, 7) is 3.89. The van der Waals surface area contributed by atoms with Crippen LogP contribution in [0, 0.1) is 5.82 Å². The molecular formula is C20H19BrFN3O. The maximum atomic E-state index is 13.2. The van der Waals surface area contributed by atoms with Crippen molar-refractivity contribution in [2.24, 2.45) is 4.99 Å². The van der Waals surface area contributed by atoms with Crippen molar-refractivity contribution >= 4 is 27.3 Å². The van der Waals surface area contributed by atoms with Gasteiger partial charge < -0.3 is 0 Å². The molecule has 26 heavy (non-hydrogen) atoms. The second-order valence-electron chi connectivity index (χ2n) is 6.01. The van der Waals surface area contributed by atoms with Gasteiger partial charge in [0.15, 0.2) is 0 Å². The molecule has 0 bridgehead atoms. The molecule has 0 amide bonds. The van der Waals surface area contributed by atoms with Crippen molar-refractivity contribution in [2.75, 3.05) is 0 Å². The second kappa shape index (κ2) is 7.83. The maximum Gasteiger partial charge on any atom is 0.280 e. The molecule has 0 radical (unpaired) electrons. The van der Waals surface area contributed by atoms with Gasteiger partial charge in [0.05, 0.1) is 22.6 Å². The Balaban J connectivity index is 2.11. The van der Waals surface area contributed by atoms with Crippen LogP contribution in [0.5, 0.6) is 0 Å². The number of nitrogens with one attached hydrogen (secondary N) is 1. The Bertz CT molecular complexity index is 1000. The fraction of sp³-hybridized carbons (Fsp3) is 0.200. The van der Waals surface area contributed by atoms with Gasteiger partial charge in [-0.3, -0.25) is 14.9 Å². The lowest BCUT2D eigenvalue weighted by molar-refractivity contribution is 0.626. The Morgan fingerprint density at radius 1 is 1.23 bits per heavy atom. The van der Waals surface area contributed by atoms with Crippen LogP contribution in [0.3, 0.4) is 0 Å². The average molecular weight is 416 g/mol. The predicted octanol–water partition coefficient (Wildman–Crippen LogP) is 5.16. The van der Waals surface area contributed by atoms with Crippen molar-refractivity contribution in [3.63, 3.8) is 0 Å². The Kier molecular flexibility index (Phi) is 5.52. The number of aliphatic imine (C=N–C) groups is 1. The van der Waals surface area contributed by atoms with Crippen molar-refractivity contribution in [1.29, 1.82) is 0 Å². The SMILES string of the molecule is CCCc1[nH]n(-c2ccc(F)cc2)c(=O)c1C(C)=Nc1cccc(Br)c1. The molecule has 6 heteroatoms. The number of aryl methyl sites for hydroxylation is 1. The van der Waals surface area contributed by atoms with Crippen LogP contribution in [0.2, 0.25) is 0 Å². The van der Waals surface area contributed by atoms with Crippen LogP contribution in [-0.2, 0) is 6.42 Å². The van der Waals surface area contributed by atoms with Gasteiger partial charge in [0.2, 0.25) is 0 Å². The van der Waals surface area contributed by atoms with Crippen LogP contribution >= 0.6 is 15.9 Å². The molecule has 0 saturated carbocycles. The van der Waals surface area contributed by atoms with Crippen molar-refractivity contribution in [2.45, 2.75) is 26.7 Å². The van der Waals surface area contributed by atoms with Gasteiger partial charge in [0.25, 0.3) is 5.56 Å². The van der Waals surface area contributed by atoms with Crippen LogP contribution in [0.4, 0.5) is 10.1 Å². The lowest BCUT2D eigenvalue weighted by Crippen LogP contribution is -2.19. The minimum atomic E-state index is -0.338. The van der Waals surface area contributed by atoms with Gasteiger partial charge in [-0.2, -0.15) is 0 Å². The van der Waals surface area contributed by atoms with Crippen LogP contribution in [-0.4, -0.2) is 15.5 Å². The molecule has 0 fully saturated rings. The van der Waals surface area contributed by atoms with E-state index in [-0.39, 0.29) is 11.4 Å². The van der Waals surface area contributed by atoms with Crippen LogP contribution in [0.15, 0.2) is 62.8 Å². The van der Waals surface area contributed by atoms with E-state index >= 15 is 0 Å². The lowest BCUT2D eigenvalue weighted by Gasteiger charge is -2.01. The zero-order valence-electron chi connectivity index (χ0n) is 14.6. The smallest absolute Gasteiger partial charge is 0.280 e. The van der Waals surface area contributed by atoms with E-state index in [2.05, 4.69) is 32.9 Å². The topological polar surface area (TPSA) is 50.1 Å². The first kappa shape index (κ1) is 18.3. The first-order valence-electron chi connectivity index (χ1n) is 8.40. The number of hydrogen-bond donors (Lipinski definition) is 1. The lowest BCUT2D eigenvalue weighted by atomic mass is 10.1. The number of benzene rings is 2. The van der Waals surface area contributed by atoms with Crippen molar-refractivity contribution in [3.05, 3.63) is 80.4 Å². The number of aromatic nitrogens is 2. The first-order chi connectivity index (χ1) is 12.5. The summed E-state index contributed by atoms with van der Waals surface area (Å²) >= 11 is 3.43. The van der Waals surface area contributed by atoms with E-state index in [1.54, 1.807) is 12.1 Å². The highest BCUT2D eigenvalue weighted by Gasteiger charge is 2.17. The summed E-state index contributed by atoms with van der Waals surface area (Å²) in [5.74, 6) is -0.338. The fourth-order valence-electron chi connectivity index (χ4n) is 2.85. The van der Waals surface area contributed by atoms with Gasteiger partial charge >= 0.3 is 0 Å². The van der Waals surface area contributed by atoms with Gasteiger partial charge in [0, 0.05) is 10.2 Å². The molecule has 0 saturated heterocycles. The third-order valence-electron chi connectivity index (χ3n) is 4.02. The van der Waals surface area contributed by atoms with Crippen LogP contribution in [0.25, 0.3) is 5.69 Å². The van der Waals surface area contributed by atoms with E-state index in [1.807, 2.05) is 31.2 Å². The average Bonchev–Trinajstić information content (AvgIpc) is 2.92. The molecule has 2 aromatic carbocycles. The zero-order chi connectivity index (χ0) is 18.7. The van der Waals surface area contributed by atoms with Gasteiger partial charge in [-0.1, -0.05) is 35.3 Å². The summed E-state index contributed by atoms with van der Waals surface area (Å²) in [4.78, 5) is 17.6. The third-order valence-corrected chi connectivity index (χ3v) is 4.51. The molecule has 1 N–H and O–H groups in total. The van der Waals surface area contributed by atoms with Crippen molar-refractivity contribution < 1.29 is 4.39 Å². The Morgan fingerprint density at radius 2 is 1.96 bits per heavy atom. The minimum absolute atomic E-state index is 0.184. The molecule has 1 aromatic heterocycles. The molecule has 1 heterocycles. The number of hydrogen-bond acceptors (Lipinski definition) is 2. The maximum absolute atomic E-state index is 13.2. The molecule has 0 aliphatic carbocycles. The summed E-state index contributed by atoms with van der Waals surface area (Å²) in [6.07, 6.45) is 1.62. The zero-order valence-corrected chi connectivity index (χ0v) is 16.2. The van der Waals surface area contributed by atoms with Crippen molar-refractivity contribution in [1.82, 2.24) is 9.78 Å². The van der Waals surface area contributed by atoms with E-state index in [1.165, 1.54) is 16.8 Å². The standard InChI is InChI=1S/C20H19BrFN3O/c1-3-5-18-19(13(2)23-16-7-4-6-14(21)12-16)20(26)25(24-18)17-10-8-15(22)9-11-17/h4,6-12,24H,3,5H2,1-2H3. The van der Waals surface area contributed by atoms with Gasteiger partial charge in [-0.05, 0) is 55.8 Å². The van der Waals surface area contributed by atoms with E-state index in [9.17, 15) is 9.18 Å². The molecule has 4 nitrogen and oxygen atoms in total. The highest BCUT2D eigenvalue weighted by molar-refractivity contribution is 9.10. The molecular weight excluding hydrogens is 397 g/mol. The predicted molar refractivity (Wildman–Crippen MR) is 106 cm³/mol. The number of H-pyrrole nitrogens is 1. The van der Waals surface area contributed by atoms with Gasteiger partial charge in [-0.25, -0.2) is 9.07 Å². The van der Waals surface area contributed by atoms with Gasteiger partial charge in [-0.15, -0.1) is 0 Å². The fourth-order valence-corrected chi connectivity index (χ4v) is 3.24. The summed E-state index contributed by atoms with van der Waals surface area (Å²) < 4.78 is 15.6. The molecule has 0 spiro atoms. The molecule has 3 rings (SSSR count). The summed E-state index contributed by atoms with van der Waals surface area (Å²) in [6, 6.07) is 13.4. The van der Waals surface area contributed by atoms with Crippen molar-refractivity contribution in [3.8, 4) is 5.69 Å². The molecule has 3 aromatic rings. The van der Waals surface area contributed by atoms with E-state index < -0.39 is 0 Å². The largest absolute Gasteiger partial charge is 0.294 e. The Labute approximate surface area is 159 Å². The van der Waals surface area contributed by atoms with Crippen LogP contribution < -0.4 is 5.56 Å². The molecule has 0 unspecified atom stereocenters. The number of halogens is 2. The van der Waals surface area contributed by atoms with E-state index in [4.69, 9.17) is 0 Å². The number of nitrogens with zero attached hydrogens (tertiary/aromatic N) is 2. The highest BCUT2D eigenvalue weighted by atomic mass is 79.9. The summed E-state index contributed by atoms with van der Waals surface area (Å²) in [7, 11) is 0. The summed E-state index contributed by atoms with van der Waals surface area (Å²) in [5, 5.41) is 3.16. The molecule has 134 valence electrons. The molecule has 0 aliphatic heterocycles. The van der Waals surface area contributed by atoms with E-state index in [0.29, 0.717) is 17.0 Å². The number of rotatable bonds is 5. The third kappa shape index (κ3) is 3.85. The monoisotopic (exact) mass is 415 g/mol. The second-order valence-corrected chi connectivity index (χ2v) is 6.93. The molecule has 0 aliphatic rings. The highest BCUT2D eigenvalue weighted by Crippen LogP contribution is 2.20. The quantitative estimate of drug-likeness (QED) is 0.574. The first-order valence-corrected chi connectivity index (χ1v) is 9.20. The Morgan fingerprint density at radius 3 is 2.62 bits per heavy atom. The Hall–Kier alpha value is -2.47. The van der Waals surface area contributed by atoms with Gasteiger partial charge in [0.1, 0.15) is 5.82 Å². The molecule has 0 atom stereocenters. The van der Waals surface area contributed by atoms with E-state index in [0.717, 1.165) is 28.7 Å².